The van der Waals surface area contributed by atoms with Gasteiger partial charge in [-0.3, -0.25) is 9.59 Å². The maximum atomic E-state index is 12.7. The Morgan fingerprint density at radius 3 is 3.05 bits per heavy atom. The Bertz CT molecular complexity index is 699. The fourth-order valence-electron chi connectivity index (χ4n) is 2.66. The van der Waals surface area contributed by atoms with E-state index in [0.29, 0.717) is 18.5 Å². The quantitative estimate of drug-likeness (QED) is 0.849. The molecule has 6 nitrogen and oxygen atoms in total. The first-order valence-corrected chi connectivity index (χ1v) is 7.59. The lowest BCUT2D eigenvalue weighted by Gasteiger charge is -2.23. The Morgan fingerprint density at radius 1 is 1.48 bits per heavy atom. The number of benzene rings is 1. The van der Waals surface area contributed by atoms with Crippen LogP contribution in [0.1, 0.15) is 16.8 Å². The molecule has 21 heavy (non-hydrogen) atoms. The van der Waals surface area contributed by atoms with E-state index in [4.69, 9.17) is 5.73 Å². The van der Waals surface area contributed by atoms with Gasteiger partial charge in [-0.05, 0) is 24.6 Å². The van der Waals surface area contributed by atoms with Crippen molar-refractivity contribution in [2.24, 2.45) is 5.73 Å². The number of thiazole rings is 1. The molecule has 3 rings (SSSR count). The van der Waals surface area contributed by atoms with Crippen LogP contribution < -0.4 is 11.1 Å². The minimum atomic E-state index is -0.497. The first kappa shape index (κ1) is 14.0. The summed E-state index contributed by atoms with van der Waals surface area (Å²) in [7, 11) is 1.57. The molecule has 2 amide bonds. The number of rotatable bonds is 2. The van der Waals surface area contributed by atoms with E-state index in [-0.39, 0.29) is 17.9 Å². The number of nitrogens with zero attached hydrogens (tertiary/aromatic N) is 2. The fraction of sp³-hybridized carbons (Fsp3) is 0.357. The maximum absolute atomic E-state index is 12.7. The number of carbonyl (C=O) groups is 2. The number of nitrogens with two attached hydrogens (primary N) is 1. The van der Waals surface area contributed by atoms with Crippen molar-refractivity contribution in [3.8, 4) is 0 Å². The van der Waals surface area contributed by atoms with Gasteiger partial charge in [0.2, 0.25) is 5.91 Å². The number of aromatic nitrogens is 1. The number of carbonyl (C=O) groups excluding carboxylic acids is 2. The minimum Gasteiger partial charge on any atom is -0.357 e. The molecule has 2 atom stereocenters. The summed E-state index contributed by atoms with van der Waals surface area (Å²) in [6, 6.07) is 4.75. The van der Waals surface area contributed by atoms with E-state index in [1.54, 1.807) is 29.6 Å². The van der Waals surface area contributed by atoms with Crippen LogP contribution in [-0.4, -0.2) is 47.4 Å². The largest absolute Gasteiger partial charge is 0.357 e. The molecule has 2 aromatic rings. The summed E-state index contributed by atoms with van der Waals surface area (Å²) in [6.07, 6.45) is 0.490. The van der Waals surface area contributed by atoms with Crippen LogP contribution in [0.15, 0.2) is 23.7 Å². The summed E-state index contributed by atoms with van der Waals surface area (Å²) in [4.78, 5) is 30.3. The van der Waals surface area contributed by atoms with Crippen molar-refractivity contribution < 1.29 is 9.59 Å². The molecule has 0 spiro atoms. The number of fused-ring (bicyclic) bond motifs is 1. The zero-order chi connectivity index (χ0) is 15.0. The Balaban J connectivity index is 1.90. The van der Waals surface area contributed by atoms with Gasteiger partial charge in [-0.1, -0.05) is 0 Å². The Labute approximate surface area is 125 Å². The zero-order valence-corrected chi connectivity index (χ0v) is 12.4. The van der Waals surface area contributed by atoms with Crippen LogP contribution >= 0.6 is 11.3 Å². The van der Waals surface area contributed by atoms with Crippen LogP contribution in [0.25, 0.3) is 10.2 Å². The molecule has 0 aliphatic carbocycles. The van der Waals surface area contributed by atoms with E-state index in [1.807, 2.05) is 6.07 Å². The number of hydrogen-bond acceptors (Lipinski definition) is 5. The van der Waals surface area contributed by atoms with Gasteiger partial charge < -0.3 is 16.0 Å². The van der Waals surface area contributed by atoms with Crippen molar-refractivity contribution in [2.75, 3.05) is 13.6 Å². The summed E-state index contributed by atoms with van der Waals surface area (Å²) in [6.45, 7) is 0.395. The third-order valence-electron chi connectivity index (χ3n) is 3.72. The van der Waals surface area contributed by atoms with Gasteiger partial charge in [-0.2, -0.15) is 0 Å². The van der Waals surface area contributed by atoms with Gasteiger partial charge >= 0.3 is 0 Å². The third kappa shape index (κ3) is 2.50. The number of nitrogens with one attached hydrogen (secondary N) is 1. The van der Waals surface area contributed by atoms with Crippen LogP contribution in [0, 0.1) is 0 Å². The second-order valence-corrected chi connectivity index (χ2v) is 6.00. The highest BCUT2D eigenvalue weighted by atomic mass is 32.1. The van der Waals surface area contributed by atoms with Crippen molar-refractivity contribution in [1.82, 2.24) is 15.2 Å². The molecule has 0 radical (unpaired) electrons. The Kier molecular flexibility index (Phi) is 3.60. The molecule has 2 heterocycles. The van der Waals surface area contributed by atoms with Crippen LogP contribution in [0.2, 0.25) is 0 Å². The Hall–Kier alpha value is -1.99. The predicted octanol–water partition coefficient (Wildman–Crippen LogP) is 0.584. The third-order valence-corrected chi connectivity index (χ3v) is 4.53. The number of likely N-dealkylation sites (tertiary alicyclic amines) is 1. The van der Waals surface area contributed by atoms with Crippen molar-refractivity contribution in [1.29, 1.82) is 0 Å². The second-order valence-electron chi connectivity index (χ2n) is 5.12. The smallest absolute Gasteiger partial charge is 0.254 e. The molecular formula is C14H16N4O2S. The van der Waals surface area contributed by atoms with Crippen LogP contribution in [0.4, 0.5) is 0 Å². The number of likely N-dealkylation sites (N-methyl/N-ethyl adjacent to an activating group) is 1. The van der Waals surface area contributed by atoms with Crippen molar-refractivity contribution in [3.05, 3.63) is 29.3 Å². The summed E-state index contributed by atoms with van der Waals surface area (Å²) in [5.41, 5.74) is 9.00. The molecule has 1 aromatic carbocycles. The zero-order valence-electron chi connectivity index (χ0n) is 11.6. The number of hydrogen-bond donors (Lipinski definition) is 2. The molecule has 1 aromatic heterocycles. The normalized spacial score (nSPS) is 21.7. The van der Waals surface area contributed by atoms with E-state index in [2.05, 4.69) is 10.3 Å². The SMILES string of the molecule is CNC(=O)[C@@H]1C[C@@H](N)CN1C(=O)c1ccc2scnc2c1. The summed E-state index contributed by atoms with van der Waals surface area (Å²) >= 11 is 1.53. The minimum absolute atomic E-state index is 0.167. The lowest BCUT2D eigenvalue weighted by atomic mass is 10.1. The topological polar surface area (TPSA) is 88.3 Å². The Morgan fingerprint density at radius 2 is 2.29 bits per heavy atom. The van der Waals surface area contributed by atoms with Crippen LogP contribution in [0.5, 0.6) is 0 Å². The van der Waals surface area contributed by atoms with Gasteiger partial charge in [-0.15, -0.1) is 11.3 Å². The van der Waals surface area contributed by atoms with E-state index < -0.39 is 6.04 Å². The molecule has 1 aliphatic heterocycles. The highest BCUT2D eigenvalue weighted by Gasteiger charge is 2.38. The summed E-state index contributed by atoms with van der Waals surface area (Å²) in [5, 5.41) is 2.59. The molecular weight excluding hydrogens is 288 g/mol. The van der Waals surface area contributed by atoms with Crippen molar-refractivity contribution >= 4 is 33.4 Å². The van der Waals surface area contributed by atoms with Gasteiger partial charge in [0.15, 0.2) is 0 Å². The molecule has 1 saturated heterocycles. The van der Waals surface area contributed by atoms with Gasteiger partial charge in [0.25, 0.3) is 5.91 Å². The standard InChI is InChI=1S/C14H16N4O2S/c1-16-13(19)11-5-9(15)6-18(11)14(20)8-2-3-12-10(4-8)17-7-21-12/h2-4,7,9,11H,5-6,15H2,1H3,(H,16,19)/t9-,11+/m1/s1. The lowest BCUT2D eigenvalue weighted by Crippen LogP contribution is -2.45. The fourth-order valence-corrected chi connectivity index (χ4v) is 3.32. The average Bonchev–Trinajstić information content (AvgIpc) is 3.10. The monoisotopic (exact) mass is 304 g/mol. The number of amides is 2. The van der Waals surface area contributed by atoms with Gasteiger partial charge in [0, 0.05) is 25.2 Å². The van der Waals surface area contributed by atoms with Crippen molar-refractivity contribution in [2.45, 2.75) is 18.5 Å². The molecule has 7 heteroatoms. The molecule has 0 unspecified atom stereocenters. The van der Waals surface area contributed by atoms with E-state index >= 15 is 0 Å². The van der Waals surface area contributed by atoms with Crippen molar-refractivity contribution in [3.63, 3.8) is 0 Å². The molecule has 110 valence electrons. The van der Waals surface area contributed by atoms with E-state index in [9.17, 15) is 9.59 Å². The molecule has 1 fully saturated rings. The summed E-state index contributed by atoms with van der Waals surface area (Å²) < 4.78 is 1.03. The van der Waals surface area contributed by atoms with Gasteiger partial charge in [-0.25, -0.2) is 4.98 Å². The molecule has 0 bridgehead atoms. The van der Waals surface area contributed by atoms with E-state index in [1.165, 1.54) is 11.3 Å². The van der Waals surface area contributed by atoms with Crippen LogP contribution in [0.3, 0.4) is 0 Å². The maximum Gasteiger partial charge on any atom is 0.254 e. The molecule has 1 aliphatic rings. The first-order chi connectivity index (χ1) is 10.1. The van der Waals surface area contributed by atoms with Crippen LogP contribution in [-0.2, 0) is 4.79 Å². The molecule has 3 N–H and O–H groups in total. The first-order valence-electron chi connectivity index (χ1n) is 6.71. The highest BCUT2D eigenvalue weighted by Crippen LogP contribution is 2.23. The predicted molar refractivity (Wildman–Crippen MR) is 81.1 cm³/mol. The lowest BCUT2D eigenvalue weighted by molar-refractivity contribution is -0.124. The average molecular weight is 304 g/mol. The molecule has 0 saturated carbocycles. The second kappa shape index (κ2) is 5.42. The summed E-state index contributed by atoms with van der Waals surface area (Å²) in [5.74, 6) is -0.350. The van der Waals surface area contributed by atoms with Gasteiger partial charge in [0.1, 0.15) is 6.04 Å². The van der Waals surface area contributed by atoms with E-state index in [0.717, 1.165) is 10.2 Å². The highest BCUT2D eigenvalue weighted by molar-refractivity contribution is 7.16. The van der Waals surface area contributed by atoms with Gasteiger partial charge in [0.05, 0.1) is 15.7 Å².